The second kappa shape index (κ2) is 3.94. The molecule has 0 N–H and O–H groups in total. The van der Waals surface area contributed by atoms with Crippen LogP contribution in [0.3, 0.4) is 0 Å². The third-order valence-electron chi connectivity index (χ3n) is 2.67. The van der Waals surface area contributed by atoms with Crippen molar-refractivity contribution in [3.63, 3.8) is 0 Å². The lowest BCUT2D eigenvalue weighted by molar-refractivity contribution is 1.23. The number of hydrogen-bond donors (Lipinski definition) is 0. The third-order valence-corrected chi connectivity index (χ3v) is 2.67. The molecular weight excluding hydrogens is 210 g/mol. The largest absolute Gasteiger partial charge is 0.264 e. The average Bonchev–Trinajstić information content (AvgIpc) is 2.39. The van der Waals surface area contributed by atoms with Gasteiger partial charge in [-0.25, -0.2) is 0 Å². The first-order chi connectivity index (χ1) is 8.33. The maximum atomic E-state index is 4.48. The van der Waals surface area contributed by atoms with Gasteiger partial charge in [-0.05, 0) is 31.2 Å². The van der Waals surface area contributed by atoms with E-state index in [0.29, 0.717) is 0 Å². The van der Waals surface area contributed by atoms with Crippen molar-refractivity contribution in [1.29, 1.82) is 0 Å². The Kier molecular flexibility index (Phi) is 2.29. The molecule has 0 fully saturated rings. The van der Waals surface area contributed by atoms with Crippen LogP contribution in [0.4, 0.5) is 0 Å². The van der Waals surface area contributed by atoms with E-state index in [4.69, 9.17) is 0 Å². The SMILES string of the molecule is Cc1ccc2ncc(-c3cccnc3)cc2n1. The average molecular weight is 221 g/mol. The van der Waals surface area contributed by atoms with E-state index < -0.39 is 0 Å². The van der Waals surface area contributed by atoms with Crippen LogP contribution in [0.15, 0.2) is 48.9 Å². The molecule has 0 spiro atoms. The van der Waals surface area contributed by atoms with Gasteiger partial charge in [0.05, 0.1) is 11.0 Å². The van der Waals surface area contributed by atoms with E-state index in [1.165, 1.54) is 0 Å². The molecule has 3 heterocycles. The van der Waals surface area contributed by atoms with E-state index in [1.807, 2.05) is 49.6 Å². The Morgan fingerprint density at radius 2 is 1.88 bits per heavy atom. The molecule has 3 heteroatoms. The Hall–Kier alpha value is -2.29. The van der Waals surface area contributed by atoms with Gasteiger partial charge >= 0.3 is 0 Å². The van der Waals surface area contributed by atoms with Gasteiger partial charge < -0.3 is 0 Å². The maximum absolute atomic E-state index is 4.48. The Morgan fingerprint density at radius 1 is 0.941 bits per heavy atom. The zero-order chi connectivity index (χ0) is 11.7. The minimum Gasteiger partial charge on any atom is -0.264 e. The van der Waals surface area contributed by atoms with E-state index in [2.05, 4.69) is 15.0 Å². The first-order valence-electron chi connectivity index (χ1n) is 5.47. The fourth-order valence-electron chi connectivity index (χ4n) is 1.80. The summed E-state index contributed by atoms with van der Waals surface area (Å²) in [6, 6.07) is 9.95. The normalized spacial score (nSPS) is 10.6. The standard InChI is InChI=1S/C14H11N3/c1-10-4-5-13-14(17-10)7-12(9-16-13)11-3-2-6-15-8-11/h2-9H,1H3. The Bertz CT molecular complexity index is 663. The van der Waals surface area contributed by atoms with Crippen LogP contribution in [0, 0.1) is 6.92 Å². The van der Waals surface area contributed by atoms with Crippen LogP contribution in [0.5, 0.6) is 0 Å². The van der Waals surface area contributed by atoms with Crippen LogP contribution in [0.2, 0.25) is 0 Å². The molecule has 0 saturated carbocycles. The van der Waals surface area contributed by atoms with Crippen molar-refractivity contribution in [3.8, 4) is 11.1 Å². The van der Waals surface area contributed by atoms with Crippen LogP contribution in [-0.4, -0.2) is 15.0 Å². The second-order valence-electron chi connectivity index (χ2n) is 3.96. The van der Waals surface area contributed by atoms with Gasteiger partial charge in [0.2, 0.25) is 0 Å². The molecule has 82 valence electrons. The number of rotatable bonds is 1. The van der Waals surface area contributed by atoms with E-state index in [0.717, 1.165) is 27.9 Å². The second-order valence-corrected chi connectivity index (χ2v) is 3.96. The van der Waals surface area contributed by atoms with Crippen LogP contribution in [0.25, 0.3) is 22.2 Å². The van der Waals surface area contributed by atoms with E-state index in [9.17, 15) is 0 Å². The topological polar surface area (TPSA) is 38.7 Å². The van der Waals surface area contributed by atoms with Gasteiger partial charge in [0.15, 0.2) is 0 Å². The molecule has 0 amide bonds. The van der Waals surface area contributed by atoms with Gasteiger partial charge in [-0.1, -0.05) is 6.07 Å². The lowest BCUT2D eigenvalue weighted by atomic mass is 10.1. The molecule has 3 nitrogen and oxygen atoms in total. The van der Waals surface area contributed by atoms with Crippen LogP contribution in [0.1, 0.15) is 5.69 Å². The summed E-state index contributed by atoms with van der Waals surface area (Å²) in [4.78, 5) is 13.0. The fourth-order valence-corrected chi connectivity index (χ4v) is 1.80. The Morgan fingerprint density at radius 3 is 2.71 bits per heavy atom. The van der Waals surface area contributed by atoms with Gasteiger partial charge in [-0.3, -0.25) is 15.0 Å². The minimum atomic E-state index is 0.920. The summed E-state index contributed by atoms with van der Waals surface area (Å²) >= 11 is 0. The highest BCUT2D eigenvalue weighted by Crippen LogP contribution is 2.20. The van der Waals surface area contributed by atoms with Gasteiger partial charge in [0, 0.05) is 35.4 Å². The number of aryl methyl sites for hydroxylation is 1. The number of hydrogen-bond acceptors (Lipinski definition) is 3. The summed E-state index contributed by atoms with van der Waals surface area (Å²) in [6.45, 7) is 1.98. The van der Waals surface area contributed by atoms with Gasteiger partial charge in [0.1, 0.15) is 0 Å². The van der Waals surface area contributed by atoms with E-state index in [1.54, 1.807) is 6.20 Å². The van der Waals surface area contributed by atoms with Crippen molar-refractivity contribution in [1.82, 2.24) is 15.0 Å². The number of nitrogens with zero attached hydrogens (tertiary/aromatic N) is 3. The molecule has 0 bridgehead atoms. The predicted molar refractivity (Wildman–Crippen MR) is 67.5 cm³/mol. The Labute approximate surface area is 99.2 Å². The molecule has 0 aliphatic rings. The molecule has 0 radical (unpaired) electrons. The Balaban J connectivity index is 2.19. The van der Waals surface area contributed by atoms with Crippen LogP contribution in [-0.2, 0) is 0 Å². The van der Waals surface area contributed by atoms with Crippen molar-refractivity contribution in [3.05, 3.63) is 54.6 Å². The molecule has 0 aliphatic carbocycles. The van der Waals surface area contributed by atoms with Crippen molar-refractivity contribution < 1.29 is 0 Å². The van der Waals surface area contributed by atoms with Crippen LogP contribution >= 0.6 is 0 Å². The quantitative estimate of drug-likeness (QED) is 0.634. The zero-order valence-corrected chi connectivity index (χ0v) is 9.46. The lowest BCUT2D eigenvalue weighted by Crippen LogP contribution is -1.88. The summed E-state index contributed by atoms with van der Waals surface area (Å²) < 4.78 is 0. The summed E-state index contributed by atoms with van der Waals surface area (Å²) in [5.41, 5.74) is 4.95. The van der Waals surface area contributed by atoms with E-state index >= 15 is 0 Å². The maximum Gasteiger partial charge on any atom is 0.0896 e. The van der Waals surface area contributed by atoms with Gasteiger partial charge in [0.25, 0.3) is 0 Å². The molecule has 0 aliphatic heterocycles. The smallest absolute Gasteiger partial charge is 0.0896 e. The number of pyridine rings is 3. The monoisotopic (exact) mass is 221 g/mol. The first-order valence-corrected chi connectivity index (χ1v) is 5.47. The molecule has 3 aromatic heterocycles. The zero-order valence-electron chi connectivity index (χ0n) is 9.46. The molecule has 17 heavy (non-hydrogen) atoms. The van der Waals surface area contributed by atoms with Crippen molar-refractivity contribution in [2.24, 2.45) is 0 Å². The summed E-state index contributed by atoms with van der Waals surface area (Å²) in [6.07, 6.45) is 5.45. The molecule has 0 unspecified atom stereocenters. The number of aromatic nitrogens is 3. The van der Waals surface area contributed by atoms with Gasteiger partial charge in [-0.2, -0.15) is 0 Å². The molecule has 3 aromatic rings. The number of fused-ring (bicyclic) bond motifs is 1. The highest BCUT2D eigenvalue weighted by atomic mass is 14.8. The molecule has 0 atom stereocenters. The fraction of sp³-hybridized carbons (Fsp3) is 0.0714. The summed E-state index contributed by atoms with van der Waals surface area (Å²) in [7, 11) is 0. The lowest BCUT2D eigenvalue weighted by Gasteiger charge is -2.03. The molecule has 0 aromatic carbocycles. The van der Waals surface area contributed by atoms with E-state index in [-0.39, 0.29) is 0 Å². The predicted octanol–water partition coefficient (Wildman–Crippen LogP) is 3.00. The van der Waals surface area contributed by atoms with Crippen molar-refractivity contribution in [2.75, 3.05) is 0 Å². The highest BCUT2D eigenvalue weighted by molar-refractivity contribution is 5.79. The third kappa shape index (κ3) is 1.87. The molecule has 0 saturated heterocycles. The first kappa shape index (κ1) is 9.90. The minimum absolute atomic E-state index is 0.920. The summed E-state index contributed by atoms with van der Waals surface area (Å²) in [5, 5.41) is 0. The van der Waals surface area contributed by atoms with Crippen molar-refractivity contribution in [2.45, 2.75) is 6.92 Å². The molecule has 3 rings (SSSR count). The molecular formula is C14H11N3. The highest BCUT2D eigenvalue weighted by Gasteiger charge is 2.01. The summed E-state index contributed by atoms with van der Waals surface area (Å²) in [5.74, 6) is 0. The van der Waals surface area contributed by atoms with Crippen molar-refractivity contribution >= 4 is 11.0 Å². The van der Waals surface area contributed by atoms with Crippen LogP contribution < -0.4 is 0 Å². The van der Waals surface area contributed by atoms with Gasteiger partial charge in [-0.15, -0.1) is 0 Å².